The summed E-state index contributed by atoms with van der Waals surface area (Å²) < 4.78 is 16.5. The third-order valence-electron chi connectivity index (χ3n) is 11.3. The topological polar surface area (TPSA) is 175 Å². The van der Waals surface area contributed by atoms with Crippen molar-refractivity contribution in [2.24, 2.45) is 11.8 Å². The normalized spacial score (nSPS) is 21.3. The van der Waals surface area contributed by atoms with Crippen LogP contribution in [0.15, 0.2) is 48.7 Å². The summed E-state index contributed by atoms with van der Waals surface area (Å²) in [6, 6.07) is 13.2. The van der Waals surface area contributed by atoms with Crippen LogP contribution in [0.1, 0.15) is 69.3 Å². The molecule has 3 aliphatic rings. The van der Waals surface area contributed by atoms with Crippen molar-refractivity contribution in [1.29, 1.82) is 0 Å². The zero-order chi connectivity index (χ0) is 37.8. The number of aromatic amines is 2. The first-order chi connectivity index (χ1) is 26.0. The summed E-state index contributed by atoms with van der Waals surface area (Å²) in [6.07, 6.45) is 2.39. The van der Waals surface area contributed by atoms with E-state index in [9.17, 15) is 19.5 Å². The van der Waals surface area contributed by atoms with E-state index in [4.69, 9.17) is 19.2 Å². The number of ether oxygens (including phenoxy) is 3. The van der Waals surface area contributed by atoms with Gasteiger partial charge in [0, 0.05) is 36.6 Å². The van der Waals surface area contributed by atoms with Crippen LogP contribution in [-0.2, 0) is 20.9 Å². The molecule has 4 N–H and O–H groups in total. The maximum absolute atomic E-state index is 13.9. The molecule has 0 aliphatic carbocycles. The van der Waals surface area contributed by atoms with Gasteiger partial charge in [0.2, 0.25) is 5.91 Å². The first-order valence-electron chi connectivity index (χ1n) is 18.5. The highest BCUT2D eigenvalue weighted by Gasteiger charge is 2.42. The highest BCUT2D eigenvalue weighted by Crippen LogP contribution is 2.44. The van der Waals surface area contributed by atoms with Crippen LogP contribution in [-0.4, -0.2) is 92.4 Å². The van der Waals surface area contributed by atoms with E-state index in [0.29, 0.717) is 37.8 Å². The number of carboxylic acid groups (broad SMARTS) is 1. The number of H-pyrrole nitrogens is 2. The van der Waals surface area contributed by atoms with Gasteiger partial charge in [0.15, 0.2) is 0 Å². The average Bonchev–Trinajstić information content (AvgIpc) is 3.98. The molecule has 5 aromatic rings. The molecule has 5 heterocycles. The Morgan fingerprint density at radius 3 is 2.63 bits per heavy atom. The van der Waals surface area contributed by atoms with Crippen LogP contribution < -0.4 is 10.1 Å². The van der Waals surface area contributed by atoms with Gasteiger partial charge in [-0.25, -0.2) is 19.6 Å². The number of alkyl carbamates (subject to hydrolysis) is 1. The quantitative estimate of drug-likeness (QED) is 0.134. The van der Waals surface area contributed by atoms with Gasteiger partial charge in [-0.15, -0.1) is 0 Å². The zero-order valence-corrected chi connectivity index (χ0v) is 31.0. The fourth-order valence-corrected chi connectivity index (χ4v) is 8.52. The highest BCUT2D eigenvalue weighted by molar-refractivity contribution is 6.07. The number of nitrogens with one attached hydrogen (secondary N) is 3. The van der Waals surface area contributed by atoms with Crippen molar-refractivity contribution >= 4 is 39.9 Å². The van der Waals surface area contributed by atoms with Crippen LogP contribution in [0.3, 0.4) is 0 Å². The van der Waals surface area contributed by atoms with Crippen molar-refractivity contribution in [1.82, 2.24) is 35.1 Å². The second-order valence-electron chi connectivity index (χ2n) is 15.0. The number of carbonyl (C=O) groups excluding carboxylic acids is 2. The first kappa shape index (κ1) is 35.4. The summed E-state index contributed by atoms with van der Waals surface area (Å²) in [4.78, 5) is 57.8. The molecule has 2 saturated heterocycles. The lowest BCUT2D eigenvalue weighted by Gasteiger charge is -2.32. The van der Waals surface area contributed by atoms with E-state index in [0.717, 1.165) is 68.3 Å². The molecule has 5 atom stereocenters. The molecule has 1 unspecified atom stereocenters. The van der Waals surface area contributed by atoms with E-state index in [2.05, 4.69) is 56.7 Å². The van der Waals surface area contributed by atoms with E-state index in [1.54, 1.807) is 13.3 Å². The van der Waals surface area contributed by atoms with Crippen LogP contribution in [0, 0.1) is 11.8 Å². The molecule has 8 rings (SSSR count). The Kier molecular flexibility index (Phi) is 9.16. The molecule has 14 heteroatoms. The zero-order valence-electron chi connectivity index (χ0n) is 31.0. The number of rotatable bonds is 8. The van der Waals surface area contributed by atoms with E-state index >= 15 is 0 Å². The first-order valence-corrected chi connectivity index (χ1v) is 18.5. The van der Waals surface area contributed by atoms with Gasteiger partial charge in [0.05, 0.1) is 48.7 Å². The largest absolute Gasteiger partial charge is 0.488 e. The molecule has 3 amide bonds. The Bertz CT molecular complexity index is 2260. The highest BCUT2D eigenvalue weighted by atomic mass is 16.5. The van der Waals surface area contributed by atoms with Crippen LogP contribution in [0.25, 0.3) is 44.2 Å². The van der Waals surface area contributed by atoms with Crippen molar-refractivity contribution in [2.45, 2.75) is 70.8 Å². The number of fused-ring (bicyclic) bond motifs is 6. The number of hydrogen-bond acceptors (Lipinski definition) is 8. The number of amides is 3. The second-order valence-corrected chi connectivity index (χ2v) is 15.0. The van der Waals surface area contributed by atoms with Crippen molar-refractivity contribution < 1.29 is 33.7 Å². The molecular weight excluding hydrogens is 690 g/mol. The van der Waals surface area contributed by atoms with E-state index in [1.165, 1.54) is 12.0 Å². The van der Waals surface area contributed by atoms with Gasteiger partial charge in [-0.3, -0.25) is 9.69 Å². The van der Waals surface area contributed by atoms with Gasteiger partial charge in [0.25, 0.3) is 0 Å². The molecule has 282 valence electrons. The maximum Gasteiger partial charge on any atom is 0.407 e. The smallest absolute Gasteiger partial charge is 0.407 e. The minimum Gasteiger partial charge on any atom is -0.488 e. The monoisotopic (exact) mass is 735 g/mol. The molecule has 0 bridgehead atoms. The van der Waals surface area contributed by atoms with Crippen LogP contribution >= 0.6 is 0 Å². The predicted molar refractivity (Wildman–Crippen MR) is 201 cm³/mol. The van der Waals surface area contributed by atoms with Gasteiger partial charge in [-0.2, -0.15) is 0 Å². The lowest BCUT2D eigenvalue weighted by atomic mass is 9.92. The van der Waals surface area contributed by atoms with Crippen LogP contribution in [0.5, 0.6) is 5.75 Å². The molecule has 2 fully saturated rings. The lowest BCUT2D eigenvalue weighted by Crippen LogP contribution is -2.52. The Labute approximate surface area is 312 Å². The number of hydrogen-bond donors (Lipinski definition) is 4. The van der Waals surface area contributed by atoms with E-state index in [1.807, 2.05) is 31.7 Å². The predicted octanol–water partition coefficient (Wildman–Crippen LogP) is 6.79. The van der Waals surface area contributed by atoms with Crippen molar-refractivity contribution in [3.63, 3.8) is 0 Å². The average molecular weight is 736 g/mol. The number of benzene rings is 3. The molecule has 2 aromatic heterocycles. The Morgan fingerprint density at radius 2 is 1.87 bits per heavy atom. The summed E-state index contributed by atoms with van der Waals surface area (Å²) in [7, 11) is 2.92. The van der Waals surface area contributed by atoms with Crippen molar-refractivity contribution in [2.75, 3.05) is 27.4 Å². The van der Waals surface area contributed by atoms with Gasteiger partial charge >= 0.3 is 12.2 Å². The third-order valence-corrected chi connectivity index (χ3v) is 11.3. The SMILES string of the molecule is COC[C@H]1C[C@@H](c2ncc(-c3ccc4c(c3)COc3cc5c(ccc6nc([C@@H]7CC[C@H](C)N7C(=O)C(NC(=O)OC)C(C)C)[nH]c65)cc3-4)[nH]2)N(C(=O)O)C1. The molecule has 3 aliphatic heterocycles. The summed E-state index contributed by atoms with van der Waals surface area (Å²) >= 11 is 0. The molecule has 14 nitrogen and oxygen atoms in total. The van der Waals surface area contributed by atoms with Gasteiger partial charge < -0.3 is 39.5 Å². The molecule has 3 aromatic carbocycles. The van der Waals surface area contributed by atoms with E-state index in [-0.39, 0.29) is 35.9 Å². The number of aromatic nitrogens is 4. The molecule has 0 saturated carbocycles. The summed E-state index contributed by atoms with van der Waals surface area (Å²) in [5.41, 5.74) is 6.54. The summed E-state index contributed by atoms with van der Waals surface area (Å²) in [6.45, 7) is 7.15. The second kappa shape index (κ2) is 14.0. The summed E-state index contributed by atoms with van der Waals surface area (Å²) in [5.74, 6) is 1.95. The fourth-order valence-electron chi connectivity index (χ4n) is 8.52. The lowest BCUT2D eigenvalue weighted by molar-refractivity contribution is -0.137. The van der Waals surface area contributed by atoms with Crippen LogP contribution in [0.4, 0.5) is 9.59 Å². The minimum atomic E-state index is -0.962. The van der Waals surface area contributed by atoms with E-state index < -0.39 is 18.2 Å². The maximum atomic E-state index is 13.9. The standard InChI is InChI=1S/C40H45N7O7/c1-20(2)34(45-39(49)53-5)38(48)47-21(3)6-11-31(47)37-42-29-10-8-23-14-28-26-9-7-24(13-25(26)19-54-33(28)15-27(23)35(29)44-37)30-16-41-36(43-30)32-12-22(18-52-4)17-46(32)40(50)51/h7-10,13-16,20-22,31-32,34H,6,11-12,17-19H2,1-5H3,(H,41,43)(H,42,44)(H,45,49)(H,50,51)/t21-,22-,31-,32-,34?/m0/s1. The fraction of sp³-hybridized carbons (Fsp3) is 0.425. The number of methoxy groups -OCH3 is 2. The van der Waals surface area contributed by atoms with Gasteiger partial charge in [-0.05, 0) is 78.4 Å². The Morgan fingerprint density at radius 1 is 1.04 bits per heavy atom. The number of likely N-dealkylation sites (tertiary alicyclic amines) is 2. The molecular formula is C40H45N7O7. The third kappa shape index (κ3) is 6.17. The van der Waals surface area contributed by atoms with Gasteiger partial charge in [-0.1, -0.05) is 32.0 Å². The summed E-state index contributed by atoms with van der Waals surface area (Å²) in [5, 5.41) is 14.6. The molecule has 0 spiro atoms. The van der Waals surface area contributed by atoms with Crippen LogP contribution in [0.2, 0.25) is 0 Å². The molecule has 0 radical (unpaired) electrons. The van der Waals surface area contributed by atoms with Gasteiger partial charge in [0.1, 0.15) is 30.0 Å². The number of nitrogens with zero attached hydrogens (tertiary/aromatic N) is 4. The Balaban J connectivity index is 1.07. The number of carbonyl (C=O) groups is 3. The Hall–Kier alpha value is -5.63. The molecule has 54 heavy (non-hydrogen) atoms. The number of imidazole rings is 2. The minimum absolute atomic E-state index is 0.0204. The van der Waals surface area contributed by atoms with Crippen molar-refractivity contribution in [3.8, 4) is 28.1 Å². The van der Waals surface area contributed by atoms with Crippen molar-refractivity contribution in [3.05, 3.63) is 65.9 Å².